The van der Waals surface area contributed by atoms with Gasteiger partial charge in [0.05, 0.1) is 17.6 Å². The highest BCUT2D eigenvalue weighted by Gasteiger charge is 2.73. The maximum atomic E-state index is 11.5. The van der Waals surface area contributed by atoms with E-state index in [0.29, 0.717) is 12.5 Å². The lowest BCUT2D eigenvalue weighted by atomic mass is 9.35. The van der Waals surface area contributed by atoms with Crippen LogP contribution in [-0.2, 0) is 0 Å². The topological polar surface area (TPSA) is 63.7 Å². The molecule has 144 valence electrons. The zero-order chi connectivity index (χ0) is 18.3. The van der Waals surface area contributed by atoms with Crippen LogP contribution >= 0.6 is 0 Å². The van der Waals surface area contributed by atoms with Crippen molar-refractivity contribution < 1.29 is 19.9 Å². The summed E-state index contributed by atoms with van der Waals surface area (Å²) >= 11 is 0. The van der Waals surface area contributed by atoms with Crippen LogP contribution in [0.4, 0.5) is 0 Å². The maximum absolute atomic E-state index is 11.5. The van der Waals surface area contributed by atoms with Gasteiger partial charge in [-0.1, -0.05) is 19.9 Å². The van der Waals surface area contributed by atoms with E-state index in [9.17, 15) is 15.3 Å². The summed E-state index contributed by atoms with van der Waals surface area (Å²) in [7, 11) is 0. The lowest BCUT2D eigenvalue weighted by molar-refractivity contribution is -0.560. The highest BCUT2D eigenvalue weighted by Crippen LogP contribution is 2.72. The molecule has 1 heterocycles. The number of hydrogen-bond donors (Lipinski definition) is 3. The number of aliphatic hydroxyl groups is 3. The van der Waals surface area contributed by atoms with Crippen LogP contribution < -0.4 is 0 Å². The molecule has 1 spiro atoms. The van der Waals surface area contributed by atoms with Crippen molar-refractivity contribution in [1.82, 2.24) is 0 Å². The fourth-order valence-electron chi connectivity index (χ4n) is 8.62. The molecule has 0 amide bonds. The summed E-state index contributed by atoms with van der Waals surface area (Å²) in [6, 6.07) is 0. The molecule has 3 N–H and O–H groups in total. The van der Waals surface area contributed by atoms with Crippen LogP contribution in [0.2, 0.25) is 0 Å². The third-order valence-corrected chi connectivity index (χ3v) is 9.37. The van der Waals surface area contributed by atoms with Gasteiger partial charge in [-0.2, -0.15) is 0 Å². The quantitative estimate of drug-likeness (QED) is 0.521. The molecule has 4 nitrogen and oxygen atoms in total. The summed E-state index contributed by atoms with van der Waals surface area (Å²) in [5.41, 5.74) is 0.913. The maximum Gasteiger partial charge on any atom is 0.165 e. The van der Waals surface area contributed by atoms with Crippen LogP contribution in [-0.4, -0.2) is 58.0 Å². The smallest absolute Gasteiger partial charge is 0.165 e. The first-order valence-electron chi connectivity index (χ1n) is 10.6. The molecule has 4 bridgehead atoms. The normalized spacial score (nSPS) is 55.2. The molecule has 0 radical (unpaired) electrons. The summed E-state index contributed by atoms with van der Waals surface area (Å²) in [4.78, 5) is 0. The Morgan fingerprint density at radius 3 is 2.73 bits per heavy atom. The SMILES string of the molecule is C=C1[C@H]2CC[C@@]3(CC[C@@H]4[C@@]5(C)CCC[C@@]4(C=[N+](CCO)C5)[C@@H]3[C@H]2O)[C@@H]1O. The second-order valence-corrected chi connectivity index (χ2v) is 10.4. The van der Waals surface area contributed by atoms with Gasteiger partial charge >= 0.3 is 0 Å². The van der Waals surface area contributed by atoms with E-state index in [2.05, 4.69) is 24.3 Å². The van der Waals surface area contributed by atoms with Gasteiger partial charge in [-0.15, -0.1) is 0 Å². The Morgan fingerprint density at radius 1 is 1.19 bits per heavy atom. The highest BCUT2D eigenvalue weighted by atomic mass is 16.3. The minimum atomic E-state index is -0.459. The summed E-state index contributed by atoms with van der Waals surface area (Å²) < 4.78 is 2.34. The average molecular weight is 361 g/mol. The van der Waals surface area contributed by atoms with Gasteiger partial charge in [0.2, 0.25) is 0 Å². The molecule has 5 fully saturated rings. The summed E-state index contributed by atoms with van der Waals surface area (Å²) in [6.07, 6.45) is 9.32. The summed E-state index contributed by atoms with van der Waals surface area (Å²) in [5, 5.41) is 32.2. The van der Waals surface area contributed by atoms with E-state index in [4.69, 9.17) is 0 Å². The van der Waals surface area contributed by atoms with Gasteiger partial charge in [-0.3, -0.25) is 0 Å². The zero-order valence-electron chi connectivity index (χ0n) is 16.0. The molecule has 5 aliphatic carbocycles. The van der Waals surface area contributed by atoms with Crippen molar-refractivity contribution in [2.24, 2.45) is 34.0 Å². The van der Waals surface area contributed by atoms with Crippen molar-refractivity contribution in [1.29, 1.82) is 0 Å². The molecule has 26 heavy (non-hydrogen) atoms. The van der Waals surface area contributed by atoms with Crippen molar-refractivity contribution >= 4 is 6.21 Å². The molecular weight excluding hydrogens is 326 g/mol. The number of hydrogen-bond acceptors (Lipinski definition) is 3. The Morgan fingerprint density at radius 2 is 1.96 bits per heavy atom. The zero-order valence-corrected chi connectivity index (χ0v) is 16.0. The first kappa shape index (κ1) is 17.4. The third kappa shape index (κ3) is 1.89. The van der Waals surface area contributed by atoms with E-state index in [1.165, 1.54) is 12.8 Å². The monoisotopic (exact) mass is 360 g/mol. The third-order valence-electron chi connectivity index (χ3n) is 9.37. The summed E-state index contributed by atoms with van der Waals surface area (Å²) in [5.74, 6) is 0.776. The van der Waals surface area contributed by atoms with Gasteiger partial charge in [-0.05, 0) is 50.0 Å². The molecule has 0 unspecified atom stereocenters. The Bertz CT molecular complexity index is 674. The minimum absolute atomic E-state index is 0.0293. The largest absolute Gasteiger partial charge is 0.392 e. The van der Waals surface area contributed by atoms with E-state index in [1.807, 2.05) is 0 Å². The van der Waals surface area contributed by atoms with Crippen LogP contribution in [0.3, 0.4) is 0 Å². The Labute approximate surface area is 156 Å². The van der Waals surface area contributed by atoms with Crippen LogP contribution in [0.15, 0.2) is 12.2 Å². The highest BCUT2D eigenvalue weighted by molar-refractivity contribution is 5.65. The lowest BCUT2D eigenvalue weighted by Gasteiger charge is -2.70. The van der Waals surface area contributed by atoms with Gasteiger partial charge < -0.3 is 15.3 Å². The molecule has 4 heteroatoms. The molecular formula is C22H34NO3+. The van der Waals surface area contributed by atoms with E-state index in [1.54, 1.807) is 0 Å². The van der Waals surface area contributed by atoms with Gasteiger partial charge in [0.15, 0.2) is 6.54 Å². The molecule has 0 aromatic heterocycles. The van der Waals surface area contributed by atoms with Crippen molar-refractivity contribution in [3.63, 3.8) is 0 Å². The van der Waals surface area contributed by atoms with E-state index < -0.39 is 6.10 Å². The van der Waals surface area contributed by atoms with Crippen LogP contribution in [0.25, 0.3) is 0 Å². The van der Waals surface area contributed by atoms with Crippen molar-refractivity contribution in [2.75, 3.05) is 19.7 Å². The van der Waals surface area contributed by atoms with Gasteiger partial charge in [0.25, 0.3) is 0 Å². The second-order valence-electron chi connectivity index (χ2n) is 10.4. The first-order valence-corrected chi connectivity index (χ1v) is 10.6. The first-order chi connectivity index (χ1) is 12.4. The number of β-amino-alcohol motifs (C(OH)–C–C–N with tert-alkyl or cyclic N) is 1. The standard InChI is InChI=1S/C22H34NO3/c1-14-15-4-8-21(19(14)26)9-5-16-20(2)6-3-7-22(16,18(21)17(15)25)13-23(12-20)10-11-24/h13,15-19,24-26H,1,3-12H2,2H3/q+1/t15-,16-,17+,18-,19-,20+,21+,22+/m1/s1. The Balaban J connectivity index is 1.68. The molecule has 6 aliphatic rings. The van der Waals surface area contributed by atoms with Crippen LogP contribution in [0, 0.1) is 34.0 Å². The van der Waals surface area contributed by atoms with Gasteiger partial charge in [-0.25, -0.2) is 4.58 Å². The van der Waals surface area contributed by atoms with Crippen molar-refractivity contribution in [3.05, 3.63) is 12.2 Å². The Kier molecular flexibility index (Phi) is 3.63. The fraction of sp³-hybridized carbons (Fsp3) is 0.864. The predicted molar refractivity (Wildman–Crippen MR) is 100 cm³/mol. The Hall–Kier alpha value is -0.710. The summed E-state index contributed by atoms with van der Waals surface area (Å²) in [6.45, 7) is 8.50. The van der Waals surface area contributed by atoms with Gasteiger partial charge in [0.1, 0.15) is 19.4 Å². The fourth-order valence-corrected chi connectivity index (χ4v) is 8.62. The lowest BCUT2D eigenvalue weighted by Crippen LogP contribution is -2.72. The number of fused-ring (bicyclic) bond motifs is 2. The molecule has 8 atom stereocenters. The van der Waals surface area contributed by atoms with Gasteiger partial charge in [0, 0.05) is 22.7 Å². The molecule has 0 saturated heterocycles. The molecule has 0 aromatic carbocycles. The number of nitrogens with zero attached hydrogens (tertiary/aromatic N) is 1. The van der Waals surface area contributed by atoms with Crippen molar-refractivity contribution in [2.45, 2.75) is 64.1 Å². The van der Waals surface area contributed by atoms with E-state index in [-0.39, 0.29) is 40.8 Å². The van der Waals surface area contributed by atoms with Crippen LogP contribution in [0.5, 0.6) is 0 Å². The van der Waals surface area contributed by atoms with E-state index in [0.717, 1.165) is 44.2 Å². The molecule has 6 rings (SSSR count). The number of aliphatic hydroxyl groups excluding tert-OH is 3. The molecule has 0 aromatic rings. The van der Waals surface area contributed by atoms with Crippen LogP contribution in [0.1, 0.15) is 51.9 Å². The molecule has 1 aliphatic heterocycles. The van der Waals surface area contributed by atoms with E-state index >= 15 is 0 Å². The average Bonchev–Trinajstić information content (AvgIpc) is 2.58. The van der Waals surface area contributed by atoms with Crippen molar-refractivity contribution in [3.8, 4) is 0 Å². The second kappa shape index (κ2) is 5.42. The molecule has 5 saturated carbocycles. The number of rotatable bonds is 2. The minimum Gasteiger partial charge on any atom is -0.392 e. The predicted octanol–water partition coefficient (Wildman–Crippen LogP) is 1.97.